The van der Waals surface area contributed by atoms with E-state index in [1.54, 1.807) is 0 Å². The van der Waals surface area contributed by atoms with E-state index in [9.17, 15) is 0 Å². The Bertz CT molecular complexity index is 436. The predicted molar refractivity (Wildman–Crippen MR) is 90.4 cm³/mol. The second-order valence-corrected chi connectivity index (χ2v) is 10.3. The summed E-state index contributed by atoms with van der Waals surface area (Å²) in [6.45, 7) is 11.9. The molecule has 2 rings (SSSR count). The average Bonchev–Trinajstić information content (AvgIpc) is 2.76. The Morgan fingerprint density at radius 2 is 1.95 bits per heavy atom. The molecule has 0 radical (unpaired) electrons. The van der Waals surface area contributed by atoms with Gasteiger partial charge in [0.2, 0.25) is 0 Å². The molecule has 1 aliphatic heterocycles. The molecule has 0 bridgehead atoms. The first-order chi connectivity index (χ1) is 8.82. The van der Waals surface area contributed by atoms with Crippen molar-refractivity contribution in [2.45, 2.75) is 62.3 Å². The largest absolute Gasteiger partial charge is 0.326 e. The molecule has 0 saturated carbocycles. The molecule has 1 aromatic rings. The molecule has 0 aliphatic carbocycles. The van der Waals surface area contributed by atoms with Gasteiger partial charge in [-0.3, -0.25) is 0 Å². The summed E-state index contributed by atoms with van der Waals surface area (Å²) in [6, 6.07) is 0. The summed E-state index contributed by atoms with van der Waals surface area (Å²) in [6.07, 6.45) is 0. The standard InChI is InChI=1S/C14H24N2S3/c1-8-9(2)18-11(7-17-8)13-16-12(14(3,4)5)10(6-15)19-13/h8-9,11H,6-7,15H2,1-5H3. The van der Waals surface area contributed by atoms with Gasteiger partial charge in [-0.25, -0.2) is 4.98 Å². The molecule has 1 aliphatic rings. The summed E-state index contributed by atoms with van der Waals surface area (Å²) in [7, 11) is 0. The molecule has 0 aromatic carbocycles. The molecule has 1 saturated heterocycles. The Labute approximate surface area is 129 Å². The smallest absolute Gasteiger partial charge is 0.107 e. The molecule has 2 nitrogen and oxygen atoms in total. The first-order valence-electron chi connectivity index (χ1n) is 6.80. The molecule has 0 amide bonds. The van der Waals surface area contributed by atoms with E-state index in [0.29, 0.717) is 17.0 Å². The fourth-order valence-corrected chi connectivity index (χ4v) is 6.49. The highest BCUT2D eigenvalue weighted by Crippen LogP contribution is 2.46. The van der Waals surface area contributed by atoms with Crippen LogP contribution in [-0.2, 0) is 12.0 Å². The lowest BCUT2D eigenvalue weighted by Gasteiger charge is -2.30. The van der Waals surface area contributed by atoms with Crippen LogP contribution in [0.5, 0.6) is 0 Å². The number of rotatable bonds is 2. The van der Waals surface area contributed by atoms with Gasteiger partial charge in [0.25, 0.3) is 0 Å². The van der Waals surface area contributed by atoms with Crippen molar-refractivity contribution in [3.05, 3.63) is 15.6 Å². The van der Waals surface area contributed by atoms with Gasteiger partial charge in [-0.2, -0.15) is 11.8 Å². The van der Waals surface area contributed by atoms with Gasteiger partial charge in [0, 0.05) is 33.1 Å². The summed E-state index contributed by atoms with van der Waals surface area (Å²) < 4.78 is 0. The molecular weight excluding hydrogens is 292 g/mol. The number of thiazole rings is 1. The van der Waals surface area contributed by atoms with Crippen LogP contribution in [0, 0.1) is 0 Å². The highest BCUT2D eigenvalue weighted by atomic mass is 32.2. The van der Waals surface area contributed by atoms with Crippen LogP contribution in [0.15, 0.2) is 0 Å². The van der Waals surface area contributed by atoms with Gasteiger partial charge in [-0.05, 0) is 0 Å². The van der Waals surface area contributed by atoms with E-state index in [4.69, 9.17) is 10.7 Å². The molecule has 5 heteroatoms. The average molecular weight is 317 g/mol. The third-order valence-electron chi connectivity index (χ3n) is 3.44. The van der Waals surface area contributed by atoms with Gasteiger partial charge in [0.15, 0.2) is 0 Å². The molecular formula is C14H24N2S3. The maximum Gasteiger partial charge on any atom is 0.107 e. The monoisotopic (exact) mass is 316 g/mol. The van der Waals surface area contributed by atoms with Crippen LogP contribution in [0.4, 0.5) is 0 Å². The van der Waals surface area contributed by atoms with Crippen LogP contribution in [-0.4, -0.2) is 21.2 Å². The molecule has 3 unspecified atom stereocenters. The van der Waals surface area contributed by atoms with E-state index in [1.807, 2.05) is 11.3 Å². The maximum atomic E-state index is 5.90. The number of nitrogens with two attached hydrogens (primary N) is 1. The molecule has 3 atom stereocenters. The highest BCUT2D eigenvalue weighted by molar-refractivity contribution is 8.07. The zero-order valence-electron chi connectivity index (χ0n) is 12.4. The van der Waals surface area contributed by atoms with E-state index in [1.165, 1.54) is 21.3 Å². The van der Waals surface area contributed by atoms with Crippen molar-refractivity contribution in [2.24, 2.45) is 5.73 Å². The summed E-state index contributed by atoms with van der Waals surface area (Å²) in [5.41, 5.74) is 7.19. The third kappa shape index (κ3) is 3.49. The number of hydrogen-bond acceptors (Lipinski definition) is 5. The van der Waals surface area contributed by atoms with Crippen molar-refractivity contribution in [1.29, 1.82) is 0 Å². The van der Waals surface area contributed by atoms with Crippen LogP contribution in [0.1, 0.15) is 55.4 Å². The first kappa shape index (κ1) is 15.7. The van der Waals surface area contributed by atoms with Gasteiger partial charge in [0.05, 0.1) is 10.9 Å². The van der Waals surface area contributed by atoms with E-state index in [0.717, 1.165) is 5.25 Å². The van der Waals surface area contributed by atoms with Crippen LogP contribution in [0.3, 0.4) is 0 Å². The van der Waals surface area contributed by atoms with E-state index < -0.39 is 0 Å². The second kappa shape index (κ2) is 5.96. The normalized spacial score (nSPS) is 28.6. The van der Waals surface area contributed by atoms with Crippen molar-refractivity contribution < 1.29 is 0 Å². The Morgan fingerprint density at radius 1 is 1.26 bits per heavy atom. The van der Waals surface area contributed by atoms with Crippen molar-refractivity contribution in [3.8, 4) is 0 Å². The highest BCUT2D eigenvalue weighted by Gasteiger charge is 2.31. The lowest BCUT2D eigenvalue weighted by molar-refractivity contribution is 0.564. The fourth-order valence-electron chi connectivity index (χ4n) is 2.15. The quantitative estimate of drug-likeness (QED) is 0.887. The van der Waals surface area contributed by atoms with E-state index in [2.05, 4.69) is 58.1 Å². The molecule has 2 N–H and O–H groups in total. The molecule has 108 valence electrons. The minimum atomic E-state index is 0.0921. The van der Waals surface area contributed by atoms with Crippen LogP contribution in [0.2, 0.25) is 0 Å². The van der Waals surface area contributed by atoms with Crippen LogP contribution < -0.4 is 5.73 Å². The number of hydrogen-bond donors (Lipinski definition) is 1. The summed E-state index contributed by atoms with van der Waals surface area (Å²) in [5.74, 6) is 1.18. The fraction of sp³-hybridized carbons (Fsp3) is 0.786. The Balaban J connectivity index is 2.24. The molecule has 0 spiro atoms. The van der Waals surface area contributed by atoms with Crippen molar-refractivity contribution in [1.82, 2.24) is 4.98 Å². The second-order valence-electron chi connectivity index (χ2n) is 6.15. The van der Waals surface area contributed by atoms with Crippen LogP contribution in [0.25, 0.3) is 0 Å². The lowest BCUT2D eigenvalue weighted by atomic mass is 9.91. The van der Waals surface area contributed by atoms with Gasteiger partial charge in [-0.15, -0.1) is 23.1 Å². The predicted octanol–water partition coefficient (Wildman–Crippen LogP) is 4.20. The van der Waals surface area contributed by atoms with Crippen molar-refractivity contribution >= 4 is 34.9 Å². The summed E-state index contributed by atoms with van der Waals surface area (Å²) in [5, 5.41) is 3.27. The molecule has 19 heavy (non-hydrogen) atoms. The zero-order chi connectivity index (χ0) is 14.2. The lowest BCUT2D eigenvalue weighted by Crippen LogP contribution is -2.22. The zero-order valence-corrected chi connectivity index (χ0v) is 14.8. The first-order valence-corrected chi connectivity index (χ1v) is 9.61. The topological polar surface area (TPSA) is 38.9 Å². The molecule has 1 aromatic heterocycles. The van der Waals surface area contributed by atoms with Gasteiger partial charge in [0.1, 0.15) is 5.01 Å². The number of nitrogens with zero attached hydrogens (tertiary/aromatic N) is 1. The van der Waals surface area contributed by atoms with Gasteiger partial charge < -0.3 is 5.73 Å². The summed E-state index contributed by atoms with van der Waals surface area (Å²) >= 11 is 5.98. The number of aromatic nitrogens is 1. The maximum absolute atomic E-state index is 5.90. The Kier molecular flexibility index (Phi) is 4.92. The minimum absolute atomic E-state index is 0.0921. The third-order valence-corrected chi connectivity index (χ3v) is 8.18. The minimum Gasteiger partial charge on any atom is -0.326 e. The van der Waals surface area contributed by atoms with E-state index >= 15 is 0 Å². The van der Waals surface area contributed by atoms with Gasteiger partial charge >= 0.3 is 0 Å². The number of thioether (sulfide) groups is 2. The van der Waals surface area contributed by atoms with Gasteiger partial charge in [-0.1, -0.05) is 34.6 Å². The Morgan fingerprint density at radius 3 is 2.42 bits per heavy atom. The van der Waals surface area contributed by atoms with E-state index in [-0.39, 0.29) is 5.41 Å². The van der Waals surface area contributed by atoms with Crippen molar-refractivity contribution in [3.63, 3.8) is 0 Å². The summed E-state index contributed by atoms with van der Waals surface area (Å²) in [4.78, 5) is 6.20. The van der Waals surface area contributed by atoms with Crippen LogP contribution >= 0.6 is 34.9 Å². The Hall–Kier alpha value is 0.290. The molecule has 2 heterocycles. The van der Waals surface area contributed by atoms with Crippen molar-refractivity contribution in [2.75, 3.05) is 5.75 Å². The SMILES string of the molecule is CC1SCC(c2nc(C(C)(C)C)c(CN)s2)SC1C. The molecule has 1 fully saturated rings.